The lowest BCUT2D eigenvalue weighted by Gasteiger charge is -2.07. The summed E-state index contributed by atoms with van der Waals surface area (Å²) in [7, 11) is 0. The standard InChI is InChI=1S/C24H14N2O8/c1-11(25-19(27)13-5-7-15-17(9-13)23(31)33-21(15)29)3-4-12(2)26-20(28)14-6-8-16-18(10-14)24(32)34-22(16)30/h3-10H,1-2H2,(H,25,27)(H,26,28)/b4-3-. The van der Waals surface area contributed by atoms with Gasteiger partial charge in [0.2, 0.25) is 0 Å². The van der Waals surface area contributed by atoms with Crippen LogP contribution in [0.5, 0.6) is 0 Å². The van der Waals surface area contributed by atoms with Crippen molar-refractivity contribution in [2.75, 3.05) is 0 Å². The number of carbonyl (C=O) groups excluding carboxylic acids is 6. The zero-order valence-electron chi connectivity index (χ0n) is 17.3. The summed E-state index contributed by atoms with van der Waals surface area (Å²) in [5, 5.41) is 4.99. The van der Waals surface area contributed by atoms with Gasteiger partial charge in [0, 0.05) is 22.5 Å². The highest BCUT2D eigenvalue weighted by Gasteiger charge is 2.31. The maximum atomic E-state index is 12.4. The first kappa shape index (κ1) is 22.1. The summed E-state index contributed by atoms with van der Waals surface area (Å²) in [6.07, 6.45) is 2.76. The van der Waals surface area contributed by atoms with Crippen LogP contribution in [-0.2, 0) is 9.47 Å². The van der Waals surface area contributed by atoms with E-state index in [1.807, 2.05) is 0 Å². The number of amides is 2. The van der Waals surface area contributed by atoms with Crippen molar-refractivity contribution in [3.8, 4) is 0 Å². The molecule has 0 saturated carbocycles. The molecule has 0 radical (unpaired) electrons. The first-order valence-electron chi connectivity index (χ1n) is 9.64. The van der Waals surface area contributed by atoms with E-state index >= 15 is 0 Å². The first-order chi connectivity index (χ1) is 16.1. The zero-order valence-corrected chi connectivity index (χ0v) is 17.3. The molecule has 0 aromatic heterocycles. The van der Waals surface area contributed by atoms with E-state index in [0.29, 0.717) is 0 Å². The second kappa shape index (κ2) is 8.43. The van der Waals surface area contributed by atoms with Gasteiger partial charge in [-0.05, 0) is 48.6 Å². The van der Waals surface area contributed by atoms with Crippen molar-refractivity contribution in [2.24, 2.45) is 0 Å². The number of ether oxygens (including phenoxy) is 2. The highest BCUT2D eigenvalue weighted by molar-refractivity contribution is 6.16. The Morgan fingerprint density at radius 1 is 0.618 bits per heavy atom. The zero-order chi connectivity index (χ0) is 24.6. The molecule has 0 atom stereocenters. The molecule has 34 heavy (non-hydrogen) atoms. The van der Waals surface area contributed by atoms with Gasteiger partial charge in [-0.15, -0.1) is 0 Å². The van der Waals surface area contributed by atoms with E-state index in [0.717, 1.165) is 0 Å². The first-order valence-corrected chi connectivity index (χ1v) is 9.64. The molecule has 2 aliphatic heterocycles. The fraction of sp³-hybridized carbons (Fsp3) is 0. The number of hydrogen-bond acceptors (Lipinski definition) is 8. The number of cyclic esters (lactones) is 4. The van der Waals surface area contributed by atoms with Crippen LogP contribution in [0.25, 0.3) is 0 Å². The van der Waals surface area contributed by atoms with E-state index in [-0.39, 0.29) is 44.8 Å². The highest BCUT2D eigenvalue weighted by Crippen LogP contribution is 2.22. The van der Waals surface area contributed by atoms with Gasteiger partial charge in [-0.2, -0.15) is 0 Å². The minimum Gasteiger partial charge on any atom is -0.386 e. The molecule has 2 aliphatic rings. The number of carbonyl (C=O) groups is 6. The average Bonchev–Trinajstić information content (AvgIpc) is 3.25. The predicted molar refractivity (Wildman–Crippen MR) is 115 cm³/mol. The maximum Gasteiger partial charge on any atom is 0.346 e. The van der Waals surface area contributed by atoms with Gasteiger partial charge in [-0.3, -0.25) is 9.59 Å². The van der Waals surface area contributed by atoms with E-state index in [2.05, 4.69) is 33.3 Å². The number of fused-ring (bicyclic) bond motifs is 2. The lowest BCUT2D eigenvalue weighted by atomic mass is 10.1. The Kier molecular flexibility index (Phi) is 5.48. The Morgan fingerprint density at radius 3 is 1.35 bits per heavy atom. The van der Waals surface area contributed by atoms with Gasteiger partial charge in [-0.1, -0.05) is 13.2 Å². The number of rotatable bonds is 6. The van der Waals surface area contributed by atoms with Gasteiger partial charge in [-0.25, -0.2) is 19.2 Å². The molecule has 168 valence electrons. The molecule has 4 rings (SSSR count). The molecule has 2 amide bonds. The van der Waals surface area contributed by atoms with Gasteiger partial charge in [0.25, 0.3) is 11.8 Å². The minimum absolute atomic E-state index is 0.000854. The van der Waals surface area contributed by atoms with Gasteiger partial charge in [0.1, 0.15) is 0 Å². The molecule has 2 aromatic carbocycles. The summed E-state index contributed by atoms with van der Waals surface area (Å²) in [5.41, 5.74) is 0.689. The van der Waals surface area contributed by atoms with E-state index in [9.17, 15) is 28.8 Å². The van der Waals surface area contributed by atoms with E-state index in [1.54, 1.807) is 0 Å². The van der Waals surface area contributed by atoms with Crippen molar-refractivity contribution in [3.63, 3.8) is 0 Å². The number of nitrogens with one attached hydrogen (secondary N) is 2. The van der Waals surface area contributed by atoms with E-state index < -0.39 is 35.7 Å². The number of benzene rings is 2. The van der Waals surface area contributed by atoms with Gasteiger partial charge >= 0.3 is 23.9 Å². The second-order valence-corrected chi connectivity index (χ2v) is 7.17. The summed E-state index contributed by atoms with van der Waals surface area (Å²) in [4.78, 5) is 71.1. The second-order valence-electron chi connectivity index (χ2n) is 7.17. The monoisotopic (exact) mass is 458 g/mol. The van der Waals surface area contributed by atoms with Crippen LogP contribution in [0.2, 0.25) is 0 Å². The van der Waals surface area contributed by atoms with Crippen LogP contribution in [0.1, 0.15) is 62.1 Å². The molecular weight excluding hydrogens is 444 g/mol. The highest BCUT2D eigenvalue weighted by atomic mass is 16.6. The normalized spacial score (nSPS) is 13.8. The minimum atomic E-state index is -0.827. The Hall–Kier alpha value is -5.12. The molecule has 10 heteroatoms. The molecule has 0 spiro atoms. The molecule has 0 aliphatic carbocycles. The van der Waals surface area contributed by atoms with Crippen molar-refractivity contribution in [1.82, 2.24) is 10.6 Å². The molecule has 0 unspecified atom stereocenters. The predicted octanol–water partition coefficient (Wildman–Crippen LogP) is 2.05. The quantitative estimate of drug-likeness (QED) is 0.380. The molecule has 0 saturated heterocycles. The van der Waals surface area contributed by atoms with Crippen molar-refractivity contribution >= 4 is 35.7 Å². The topological polar surface area (TPSA) is 145 Å². The van der Waals surface area contributed by atoms with Gasteiger partial charge < -0.3 is 20.1 Å². The van der Waals surface area contributed by atoms with E-state index in [4.69, 9.17) is 0 Å². The maximum absolute atomic E-state index is 12.4. The largest absolute Gasteiger partial charge is 0.386 e. The average molecular weight is 458 g/mol. The molecule has 10 nitrogen and oxygen atoms in total. The lowest BCUT2D eigenvalue weighted by Crippen LogP contribution is -2.23. The van der Waals surface area contributed by atoms with Crippen LogP contribution in [0, 0.1) is 0 Å². The molecule has 0 bridgehead atoms. The van der Waals surface area contributed by atoms with Crippen molar-refractivity contribution in [1.29, 1.82) is 0 Å². The van der Waals surface area contributed by atoms with Crippen LogP contribution >= 0.6 is 0 Å². The van der Waals surface area contributed by atoms with Crippen molar-refractivity contribution < 1.29 is 38.2 Å². The molecular formula is C24H14N2O8. The third-order valence-electron chi connectivity index (χ3n) is 4.85. The molecule has 2 aromatic rings. The van der Waals surface area contributed by atoms with E-state index in [1.165, 1.54) is 48.6 Å². The summed E-state index contributed by atoms with van der Waals surface area (Å²) in [5.74, 6) is -4.36. The molecule has 2 heterocycles. The number of esters is 4. The molecule has 2 N–H and O–H groups in total. The number of hydrogen-bond donors (Lipinski definition) is 2. The summed E-state index contributed by atoms with van der Waals surface area (Å²) < 4.78 is 8.97. The summed E-state index contributed by atoms with van der Waals surface area (Å²) >= 11 is 0. The van der Waals surface area contributed by atoms with Gasteiger partial charge in [0.15, 0.2) is 0 Å². The third-order valence-corrected chi connectivity index (χ3v) is 4.85. The van der Waals surface area contributed by atoms with Crippen LogP contribution in [0.15, 0.2) is 73.1 Å². The van der Waals surface area contributed by atoms with Crippen molar-refractivity contribution in [3.05, 3.63) is 106 Å². The third kappa shape index (κ3) is 4.15. The fourth-order valence-electron chi connectivity index (χ4n) is 3.17. The fourth-order valence-corrected chi connectivity index (χ4v) is 3.17. The Balaban J connectivity index is 1.35. The number of allylic oxidation sites excluding steroid dienone is 2. The Bertz CT molecular complexity index is 1290. The van der Waals surface area contributed by atoms with Crippen LogP contribution in [0.4, 0.5) is 0 Å². The Morgan fingerprint density at radius 2 is 0.971 bits per heavy atom. The van der Waals surface area contributed by atoms with Crippen molar-refractivity contribution in [2.45, 2.75) is 0 Å². The molecule has 0 fully saturated rings. The van der Waals surface area contributed by atoms with Crippen LogP contribution in [-0.4, -0.2) is 35.7 Å². The Labute approximate surface area is 191 Å². The van der Waals surface area contributed by atoms with Crippen LogP contribution in [0.3, 0.4) is 0 Å². The SMILES string of the molecule is C=C(/C=C\C(=C)NC(=O)c1ccc2c(c1)C(=O)OC2=O)NC(=O)c1ccc2c(c1)C(=O)OC2=O. The summed E-state index contributed by atoms with van der Waals surface area (Å²) in [6, 6.07) is 7.86. The lowest BCUT2D eigenvalue weighted by molar-refractivity contribution is 0.0425. The smallest absolute Gasteiger partial charge is 0.346 e. The van der Waals surface area contributed by atoms with Crippen LogP contribution < -0.4 is 10.6 Å². The van der Waals surface area contributed by atoms with Gasteiger partial charge in [0.05, 0.1) is 22.3 Å². The summed E-state index contributed by atoms with van der Waals surface area (Å²) in [6.45, 7) is 7.36.